The van der Waals surface area contributed by atoms with E-state index in [0.717, 1.165) is 25.7 Å². The average molecular weight is 285 g/mol. The lowest BCUT2D eigenvalue weighted by molar-refractivity contribution is -0.139. The molecular weight excluding hydrogens is 262 g/mol. The van der Waals surface area contributed by atoms with Crippen LogP contribution in [0.15, 0.2) is 0 Å². The van der Waals surface area contributed by atoms with Crippen molar-refractivity contribution in [3.63, 3.8) is 0 Å². The lowest BCUT2D eigenvalue weighted by Crippen LogP contribution is -2.49. The van der Waals surface area contributed by atoms with Crippen molar-refractivity contribution in [1.29, 1.82) is 0 Å². The molecular formula is C13H23N3O4. The van der Waals surface area contributed by atoms with Crippen molar-refractivity contribution >= 4 is 17.9 Å². The molecule has 0 spiro atoms. The second-order valence-corrected chi connectivity index (χ2v) is 5.18. The van der Waals surface area contributed by atoms with Crippen LogP contribution < -0.4 is 10.6 Å². The van der Waals surface area contributed by atoms with Gasteiger partial charge < -0.3 is 20.6 Å². The number of amides is 3. The second-order valence-electron chi connectivity index (χ2n) is 5.18. The van der Waals surface area contributed by atoms with Gasteiger partial charge >= 0.3 is 12.0 Å². The van der Waals surface area contributed by atoms with E-state index in [1.807, 2.05) is 6.92 Å². The molecule has 0 aromatic carbocycles. The van der Waals surface area contributed by atoms with Gasteiger partial charge in [-0.3, -0.25) is 4.79 Å². The van der Waals surface area contributed by atoms with Gasteiger partial charge in [-0.1, -0.05) is 19.8 Å². The zero-order valence-corrected chi connectivity index (χ0v) is 12.0. The van der Waals surface area contributed by atoms with Crippen LogP contribution in [0.25, 0.3) is 0 Å². The minimum absolute atomic E-state index is 0.0670. The molecule has 1 unspecified atom stereocenters. The third-order valence-corrected chi connectivity index (χ3v) is 3.11. The molecule has 1 fully saturated rings. The molecule has 0 aliphatic heterocycles. The molecule has 114 valence electrons. The standard InChI is InChI=1S/C13H23N3O4/c1-3-4-5-10(12(18)19)15-13(20)16(2)8-11(17)14-9-6-7-9/h9-10H,3-8H2,1-2H3,(H,14,17)(H,15,20)(H,18,19). The molecule has 3 N–H and O–H groups in total. The Labute approximate surface area is 118 Å². The Morgan fingerprint density at radius 3 is 2.50 bits per heavy atom. The van der Waals surface area contributed by atoms with Crippen molar-refractivity contribution in [2.24, 2.45) is 0 Å². The van der Waals surface area contributed by atoms with Gasteiger partial charge in [0.05, 0.1) is 0 Å². The lowest BCUT2D eigenvalue weighted by Gasteiger charge is -2.21. The van der Waals surface area contributed by atoms with Gasteiger partial charge in [-0.25, -0.2) is 9.59 Å². The number of hydrogen-bond donors (Lipinski definition) is 3. The largest absolute Gasteiger partial charge is 0.480 e. The van der Waals surface area contributed by atoms with E-state index < -0.39 is 18.0 Å². The van der Waals surface area contributed by atoms with E-state index in [0.29, 0.717) is 6.42 Å². The number of hydrogen-bond acceptors (Lipinski definition) is 3. The van der Waals surface area contributed by atoms with Crippen LogP contribution in [0.4, 0.5) is 4.79 Å². The molecule has 1 rings (SSSR count). The molecule has 1 aliphatic carbocycles. The summed E-state index contributed by atoms with van der Waals surface area (Å²) in [6.45, 7) is 1.89. The molecule has 1 atom stereocenters. The molecule has 0 saturated heterocycles. The highest BCUT2D eigenvalue weighted by molar-refractivity contribution is 5.86. The number of rotatable bonds is 8. The van der Waals surface area contributed by atoms with Crippen LogP contribution in [0.5, 0.6) is 0 Å². The molecule has 0 radical (unpaired) electrons. The minimum Gasteiger partial charge on any atom is -0.480 e. The van der Waals surface area contributed by atoms with Crippen LogP contribution in [-0.4, -0.2) is 53.6 Å². The SMILES string of the molecule is CCCCC(NC(=O)N(C)CC(=O)NC1CC1)C(=O)O. The molecule has 0 aromatic heterocycles. The fourth-order valence-corrected chi connectivity index (χ4v) is 1.71. The maximum Gasteiger partial charge on any atom is 0.326 e. The van der Waals surface area contributed by atoms with Crippen LogP contribution >= 0.6 is 0 Å². The van der Waals surface area contributed by atoms with Crippen molar-refractivity contribution in [2.75, 3.05) is 13.6 Å². The van der Waals surface area contributed by atoms with Crippen molar-refractivity contribution in [1.82, 2.24) is 15.5 Å². The molecule has 3 amide bonds. The number of likely N-dealkylation sites (N-methyl/N-ethyl adjacent to an activating group) is 1. The number of carboxylic acids is 1. The Bertz CT molecular complexity index is 369. The van der Waals surface area contributed by atoms with Gasteiger partial charge in [0.15, 0.2) is 0 Å². The highest BCUT2D eigenvalue weighted by atomic mass is 16.4. The first-order valence-corrected chi connectivity index (χ1v) is 6.97. The second kappa shape index (κ2) is 7.72. The van der Waals surface area contributed by atoms with E-state index in [1.54, 1.807) is 0 Å². The average Bonchev–Trinajstić information content (AvgIpc) is 3.17. The number of aliphatic carboxylic acids is 1. The monoisotopic (exact) mass is 285 g/mol. The van der Waals surface area contributed by atoms with E-state index in [1.165, 1.54) is 11.9 Å². The molecule has 0 heterocycles. The van der Waals surface area contributed by atoms with Gasteiger partial charge in [0.1, 0.15) is 12.6 Å². The summed E-state index contributed by atoms with van der Waals surface area (Å²) in [7, 11) is 1.47. The zero-order valence-electron chi connectivity index (χ0n) is 12.0. The quantitative estimate of drug-likeness (QED) is 0.606. The molecule has 20 heavy (non-hydrogen) atoms. The summed E-state index contributed by atoms with van der Waals surface area (Å²) in [6, 6.07) is -1.20. The number of nitrogens with one attached hydrogen (secondary N) is 2. The van der Waals surface area contributed by atoms with Crippen molar-refractivity contribution in [3.05, 3.63) is 0 Å². The molecule has 1 aliphatic rings. The van der Waals surface area contributed by atoms with E-state index in [-0.39, 0.29) is 18.5 Å². The number of urea groups is 1. The van der Waals surface area contributed by atoms with Gasteiger partial charge in [0.2, 0.25) is 5.91 Å². The predicted octanol–water partition coefficient (Wildman–Crippen LogP) is 0.550. The summed E-state index contributed by atoms with van der Waals surface area (Å²) in [4.78, 5) is 35.6. The van der Waals surface area contributed by atoms with Gasteiger partial charge in [0.25, 0.3) is 0 Å². The number of carbonyl (C=O) groups is 3. The van der Waals surface area contributed by atoms with E-state index in [2.05, 4.69) is 10.6 Å². The summed E-state index contributed by atoms with van der Waals surface area (Å²) in [6.07, 6.45) is 3.95. The summed E-state index contributed by atoms with van der Waals surface area (Å²) in [5.41, 5.74) is 0. The van der Waals surface area contributed by atoms with E-state index >= 15 is 0 Å². The third-order valence-electron chi connectivity index (χ3n) is 3.11. The first-order valence-electron chi connectivity index (χ1n) is 6.97. The third kappa shape index (κ3) is 5.90. The Morgan fingerprint density at radius 1 is 1.35 bits per heavy atom. The van der Waals surface area contributed by atoms with Crippen LogP contribution in [0.1, 0.15) is 39.0 Å². The van der Waals surface area contributed by atoms with Crippen molar-refractivity contribution in [3.8, 4) is 0 Å². The lowest BCUT2D eigenvalue weighted by atomic mass is 10.1. The fraction of sp³-hybridized carbons (Fsp3) is 0.769. The van der Waals surface area contributed by atoms with Crippen LogP contribution in [0.2, 0.25) is 0 Å². The Kier molecular flexibility index (Phi) is 6.27. The van der Waals surface area contributed by atoms with Gasteiger partial charge in [0, 0.05) is 13.1 Å². The van der Waals surface area contributed by atoms with Crippen molar-refractivity contribution in [2.45, 2.75) is 51.1 Å². The first-order chi connectivity index (χ1) is 9.43. The topological polar surface area (TPSA) is 98.7 Å². The van der Waals surface area contributed by atoms with Gasteiger partial charge in [-0.05, 0) is 19.3 Å². The number of unbranched alkanes of at least 4 members (excludes halogenated alkanes) is 1. The van der Waals surface area contributed by atoms with Crippen LogP contribution in [-0.2, 0) is 9.59 Å². The molecule has 1 saturated carbocycles. The summed E-state index contributed by atoms with van der Waals surface area (Å²) in [5.74, 6) is -1.27. The summed E-state index contributed by atoms with van der Waals surface area (Å²) >= 11 is 0. The highest BCUT2D eigenvalue weighted by Crippen LogP contribution is 2.18. The predicted molar refractivity (Wildman–Crippen MR) is 73.3 cm³/mol. The highest BCUT2D eigenvalue weighted by Gasteiger charge is 2.25. The molecule has 7 nitrogen and oxygen atoms in total. The van der Waals surface area contributed by atoms with Gasteiger partial charge in [-0.15, -0.1) is 0 Å². The van der Waals surface area contributed by atoms with E-state index in [4.69, 9.17) is 5.11 Å². The minimum atomic E-state index is -1.05. The smallest absolute Gasteiger partial charge is 0.326 e. The molecule has 0 aromatic rings. The Morgan fingerprint density at radius 2 is 2.00 bits per heavy atom. The summed E-state index contributed by atoms with van der Waals surface area (Å²) < 4.78 is 0. The van der Waals surface area contributed by atoms with E-state index in [9.17, 15) is 14.4 Å². The number of carboxylic acid groups (broad SMARTS) is 1. The Hall–Kier alpha value is -1.79. The van der Waals surface area contributed by atoms with Crippen LogP contribution in [0.3, 0.4) is 0 Å². The number of carbonyl (C=O) groups excluding carboxylic acids is 2. The van der Waals surface area contributed by atoms with Crippen LogP contribution in [0, 0.1) is 0 Å². The van der Waals surface area contributed by atoms with Crippen molar-refractivity contribution < 1.29 is 19.5 Å². The number of nitrogens with zero attached hydrogens (tertiary/aromatic N) is 1. The fourth-order valence-electron chi connectivity index (χ4n) is 1.71. The Balaban J connectivity index is 2.37. The first kappa shape index (κ1) is 16.3. The normalized spacial score (nSPS) is 15.3. The zero-order chi connectivity index (χ0) is 15.1. The summed E-state index contributed by atoms with van der Waals surface area (Å²) in [5, 5.41) is 14.2. The molecule has 0 bridgehead atoms. The molecule has 7 heteroatoms. The van der Waals surface area contributed by atoms with Gasteiger partial charge in [-0.2, -0.15) is 0 Å². The maximum atomic E-state index is 11.8. The maximum absolute atomic E-state index is 11.8.